The molecule has 0 bridgehead atoms. The van der Waals surface area contributed by atoms with E-state index in [1.807, 2.05) is 48.5 Å². The number of nitrogens with zero attached hydrogens (tertiary/aromatic N) is 3. The Morgan fingerprint density at radius 2 is 1.62 bits per heavy atom. The molecule has 8 nitrogen and oxygen atoms in total. The molecule has 0 saturated heterocycles. The molecule has 7 rings (SSSR count). The van der Waals surface area contributed by atoms with Crippen molar-refractivity contribution in [2.45, 2.75) is 6.54 Å². The lowest BCUT2D eigenvalue weighted by Gasteiger charge is -2.21. The molecule has 3 aromatic heterocycles. The third-order valence-electron chi connectivity index (χ3n) is 8.57. The average molecular weight is 659 g/mol. The summed E-state index contributed by atoms with van der Waals surface area (Å²) in [7, 11) is -0.685. The van der Waals surface area contributed by atoms with Crippen LogP contribution in [0.3, 0.4) is 0 Å². The zero-order chi connectivity index (χ0) is 33.6. The van der Waals surface area contributed by atoms with Gasteiger partial charge >= 0.3 is 0 Å². The SMILES string of the molecule is CNC(=O)c1c(-c2ccc(F)cc2)oc2cc(N(C)S(C)(=O)=O)c(-c3cccc(-c4cc5ccccc5n4Cc4ccncc4)c3)cc12. The second-order valence-electron chi connectivity index (χ2n) is 11.6. The van der Waals surface area contributed by atoms with E-state index in [-0.39, 0.29) is 11.3 Å². The van der Waals surface area contributed by atoms with Gasteiger partial charge in [0.1, 0.15) is 17.2 Å². The van der Waals surface area contributed by atoms with Crippen molar-refractivity contribution in [3.63, 3.8) is 0 Å². The maximum absolute atomic E-state index is 13.8. The Balaban J connectivity index is 1.45. The molecule has 1 N–H and O–H groups in total. The smallest absolute Gasteiger partial charge is 0.255 e. The first-order valence-electron chi connectivity index (χ1n) is 15.2. The van der Waals surface area contributed by atoms with E-state index >= 15 is 0 Å². The number of aromatic nitrogens is 2. The number of hydrogen-bond acceptors (Lipinski definition) is 5. The summed E-state index contributed by atoms with van der Waals surface area (Å²) in [6, 6.07) is 31.3. The summed E-state index contributed by atoms with van der Waals surface area (Å²) in [4.78, 5) is 17.5. The number of pyridine rings is 1. The predicted molar refractivity (Wildman–Crippen MR) is 188 cm³/mol. The molecule has 0 aliphatic carbocycles. The number of carbonyl (C=O) groups excluding carboxylic acids is 1. The molecule has 4 aromatic carbocycles. The second-order valence-corrected chi connectivity index (χ2v) is 13.6. The highest BCUT2D eigenvalue weighted by atomic mass is 32.2. The topological polar surface area (TPSA) is 97.4 Å². The zero-order valence-corrected chi connectivity index (χ0v) is 27.3. The highest BCUT2D eigenvalue weighted by Crippen LogP contribution is 2.42. The Kier molecular flexibility index (Phi) is 7.80. The minimum absolute atomic E-state index is 0.254. The average Bonchev–Trinajstić information content (AvgIpc) is 3.66. The number of rotatable bonds is 8. The highest BCUT2D eigenvalue weighted by molar-refractivity contribution is 7.92. The van der Waals surface area contributed by atoms with Crippen LogP contribution in [0.15, 0.2) is 120 Å². The van der Waals surface area contributed by atoms with Crippen LogP contribution in [0.4, 0.5) is 10.1 Å². The van der Waals surface area contributed by atoms with Gasteiger partial charge in [-0.05, 0) is 77.4 Å². The van der Waals surface area contributed by atoms with Gasteiger partial charge < -0.3 is 14.3 Å². The van der Waals surface area contributed by atoms with Crippen molar-refractivity contribution < 1.29 is 22.0 Å². The number of halogens is 1. The third kappa shape index (κ3) is 5.60. The van der Waals surface area contributed by atoms with Gasteiger partial charge in [-0.2, -0.15) is 0 Å². The number of para-hydroxylation sites is 1. The number of anilines is 1. The molecule has 1 amide bonds. The second kappa shape index (κ2) is 12.1. The van der Waals surface area contributed by atoms with Crippen LogP contribution in [0.1, 0.15) is 15.9 Å². The fourth-order valence-corrected chi connectivity index (χ4v) is 6.60. The van der Waals surface area contributed by atoms with E-state index in [0.29, 0.717) is 34.3 Å². The Hall–Kier alpha value is -5.74. The number of nitrogens with one attached hydrogen (secondary N) is 1. The fraction of sp³-hybridized carbons (Fsp3) is 0.105. The van der Waals surface area contributed by atoms with E-state index in [4.69, 9.17) is 4.42 Å². The Morgan fingerprint density at radius 1 is 0.896 bits per heavy atom. The summed E-state index contributed by atoms with van der Waals surface area (Å²) in [6.45, 7) is 0.625. The monoisotopic (exact) mass is 658 g/mol. The number of carbonyl (C=O) groups is 1. The van der Waals surface area contributed by atoms with Gasteiger partial charge in [0, 0.05) is 72.2 Å². The van der Waals surface area contributed by atoms with Gasteiger partial charge in [-0.3, -0.25) is 14.1 Å². The maximum Gasteiger partial charge on any atom is 0.255 e. The van der Waals surface area contributed by atoms with E-state index in [2.05, 4.69) is 33.1 Å². The van der Waals surface area contributed by atoms with Crippen LogP contribution in [0, 0.1) is 5.82 Å². The van der Waals surface area contributed by atoms with E-state index in [9.17, 15) is 17.6 Å². The van der Waals surface area contributed by atoms with Gasteiger partial charge in [0.15, 0.2) is 0 Å². The Bertz CT molecular complexity index is 2440. The summed E-state index contributed by atoms with van der Waals surface area (Å²) in [5, 5.41) is 4.27. The Morgan fingerprint density at radius 3 is 2.35 bits per heavy atom. The molecule has 3 heterocycles. The molecule has 0 unspecified atom stereocenters. The first-order valence-corrected chi connectivity index (χ1v) is 17.1. The molecule has 0 fully saturated rings. The van der Waals surface area contributed by atoms with Crippen molar-refractivity contribution in [3.05, 3.63) is 132 Å². The lowest BCUT2D eigenvalue weighted by molar-refractivity contribution is 0.0964. The molecule has 0 aliphatic rings. The third-order valence-corrected chi connectivity index (χ3v) is 9.77. The van der Waals surface area contributed by atoms with Gasteiger partial charge in [0.05, 0.1) is 17.5 Å². The number of fused-ring (bicyclic) bond motifs is 2. The summed E-state index contributed by atoms with van der Waals surface area (Å²) in [6.07, 6.45) is 4.69. The number of sulfonamides is 1. The van der Waals surface area contributed by atoms with Crippen LogP contribution in [-0.2, 0) is 16.6 Å². The minimum atomic E-state index is -3.70. The normalized spacial score (nSPS) is 11.7. The molecule has 0 aliphatic heterocycles. The van der Waals surface area contributed by atoms with E-state index in [1.165, 1.54) is 30.5 Å². The van der Waals surface area contributed by atoms with Gasteiger partial charge in [0.25, 0.3) is 5.91 Å². The maximum atomic E-state index is 13.8. The van der Waals surface area contributed by atoms with Gasteiger partial charge in [-0.25, -0.2) is 12.8 Å². The molecular formula is C38H31FN4O4S. The largest absolute Gasteiger partial charge is 0.455 e. The Labute approximate surface area is 277 Å². The van der Waals surface area contributed by atoms with Crippen LogP contribution in [0.25, 0.3) is 55.6 Å². The van der Waals surface area contributed by atoms with Crippen LogP contribution in [0.5, 0.6) is 0 Å². The number of benzene rings is 4. The highest BCUT2D eigenvalue weighted by Gasteiger charge is 2.26. The summed E-state index contributed by atoms with van der Waals surface area (Å²) in [5.41, 5.74) is 6.90. The standard InChI is InChI=1S/C38H31FN4O4S/c1-40-38(44)36-31-21-30(34(42(2)48(3,45)46)22-35(31)47-37(36)25-11-13-29(39)14-12-25)26-8-6-9-27(19-26)33-20-28-7-4-5-10-32(28)43(33)23-24-15-17-41-18-16-24/h4-22H,23H2,1-3H3,(H,40,44). The lowest BCUT2D eigenvalue weighted by atomic mass is 9.96. The molecule has 0 atom stereocenters. The number of furan rings is 1. The van der Waals surface area contributed by atoms with E-state index in [0.717, 1.165) is 39.5 Å². The molecule has 48 heavy (non-hydrogen) atoms. The first-order chi connectivity index (χ1) is 23.1. The van der Waals surface area contributed by atoms with Crippen LogP contribution in [0.2, 0.25) is 0 Å². The molecule has 0 radical (unpaired) electrons. The summed E-state index contributed by atoms with van der Waals surface area (Å²) in [5.74, 6) is -0.558. The first kappa shape index (κ1) is 30.9. The lowest BCUT2D eigenvalue weighted by Crippen LogP contribution is -2.25. The van der Waals surface area contributed by atoms with E-state index in [1.54, 1.807) is 36.7 Å². The predicted octanol–water partition coefficient (Wildman–Crippen LogP) is 7.73. The van der Waals surface area contributed by atoms with Crippen molar-refractivity contribution >= 4 is 43.5 Å². The molecule has 0 spiro atoms. The molecular weight excluding hydrogens is 628 g/mol. The van der Waals surface area contributed by atoms with Gasteiger partial charge in [-0.15, -0.1) is 0 Å². The van der Waals surface area contributed by atoms with Crippen molar-refractivity contribution in [1.29, 1.82) is 0 Å². The molecule has 10 heteroatoms. The van der Waals surface area contributed by atoms with Gasteiger partial charge in [-0.1, -0.05) is 36.4 Å². The minimum Gasteiger partial charge on any atom is -0.455 e. The van der Waals surface area contributed by atoms with Crippen molar-refractivity contribution in [2.75, 3.05) is 24.7 Å². The van der Waals surface area contributed by atoms with Crippen LogP contribution in [-0.4, -0.2) is 44.2 Å². The number of amides is 1. The zero-order valence-electron chi connectivity index (χ0n) is 26.4. The quantitative estimate of drug-likeness (QED) is 0.180. The summed E-state index contributed by atoms with van der Waals surface area (Å²) < 4.78 is 49.3. The van der Waals surface area contributed by atoms with Crippen molar-refractivity contribution in [1.82, 2.24) is 14.9 Å². The molecule has 7 aromatic rings. The van der Waals surface area contributed by atoms with Crippen LogP contribution < -0.4 is 9.62 Å². The van der Waals surface area contributed by atoms with Crippen molar-refractivity contribution in [3.8, 4) is 33.7 Å². The number of hydrogen-bond donors (Lipinski definition) is 1. The van der Waals surface area contributed by atoms with Crippen molar-refractivity contribution in [2.24, 2.45) is 0 Å². The molecule has 0 saturated carbocycles. The summed E-state index contributed by atoms with van der Waals surface area (Å²) >= 11 is 0. The van der Waals surface area contributed by atoms with Crippen LogP contribution >= 0.6 is 0 Å². The van der Waals surface area contributed by atoms with E-state index < -0.39 is 21.7 Å². The fourth-order valence-electron chi connectivity index (χ4n) is 6.09. The molecule has 240 valence electrons. The van der Waals surface area contributed by atoms with Gasteiger partial charge in [0.2, 0.25) is 10.0 Å².